The Kier molecular flexibility index (Phi) is 5.31. The largest absolute Gasteiger partial charge is 0.416 e. The average molecular weight is 397 g/mol. The van der Waals surface area contributed by atoms with Gasteiger partial charge in [-0.05, 0) is 58.5 Å². The molecule has 1 N–H and O–H groups in total. The van der Waals surface area contributed by atoms with Crippen LogP contribution in [0, 0.1) is 5.92 Å². The lowest BCUT2D eigenvalue weighted by Gasteiger charge is -2.25. The molecule has 150 valence electrons. The molecule has 0 aliphatic heterocycles. The number of fused-ring (bicyclic) bond motifs is 1. The van der Waals surface area contributed by atoms with Gasteiger partial charge in [0.15, 0.2) is 0 Å². The van der Waals surface area contributed by atoms with Crippen LogP contribution in [0.4, 0.5) is 13.2 Å². The number of benzene rings is 3. The predicted molar refractivity (Wildman–Crippen MR) is 109 cm³/mol. The van der Waals surface area contributed by atoms with Crippen LogP contribution in [0.2, 0.25) is 0 Å². The zero-order valence-corrected chi connectivity index (χ0v) is 15.9. The van der Waals surface area contributed by atoms with Gasteiger partial charge in [-0.15, -0.1) is 0 Å². The van der Waals surface area contributed by atoms with E-state index in [-0.39, 0.29) is 5.91 Å². The number of alkyl halides is 3. The molecule has 0 atom stereocenters. The summed E-state index contributed by atoms with van der Waals surface area (Å²) in [5.74, 6) is 0.657. The highest BCUT2D eigenvalue weighted by Gasteiger charge is 2.30. The van der Waals surface area contributed by atoms with Crippen molar-refractivity contribution in [1.29, 1.82) is 0 Å². The topological polar surface area (TPSA) is 29.1 Å². The van der Waals surface area contributed by atoms with Gasteiger partial charge in [-0.2, -0.15) is 13.2 Å². The van der Waals surface area contributed by atoms with Gasteiger partial charge in [0.25, 0.3) is 5.91 Å². The van der Waals surface area contributed by atoms with Crippen molar-refractivity contribution < 1.29 is 18.0 Å². The third-order valence-electron chi connectivity index (χ3n) is 5.73. The first kappa shape index (κ1) is 19.5. The molecule has 0 saturated heterocycles. The maximum atomic E-state index is 12.8. The third kappa shape index (κ3) is 4.29. The van der Waals surface area contributed by atoms with Crippen molar-refractivity contribution >= 4 is 16.7 Å². The monoisotopic (exact) mass is 397 g/mol. The Morgan fingerprint density at radius 1 is 1.00 bits per heavy atom. The molecule has 29 heavy (non-hydrogen) atoms. The molecule has 2 nitrogen and oxygen atoms in total. The molecule has 5 heteroatoms. The smallest absolute Gasteiger partial charge is 0.352 e. The first-order valence-corrected chi connectivity index (χ1v) is 9.90. The second-order valence-corrected chi connectivity index (χ2v) is 7.66. The van der Waals surface area contributed by atoms with Crippen LogP contribution < -0.4 is 5.32 Å². The number of amides is 1. The number of rotatable bonds is 5. The molecule has 0 radical (unpaired) electrons. The number of nitrogens with one attached hydrogen (secondary N) is 1. The van der Waals surface area contributed by atoms with Crippen LogP contribution in [0.3, 0.4) is 0 Å². The molecule has 1 aliphatic rings. The fraction of sp³-hybridized carbons (Fsp3) is 0.292. The van der Waals surface area contributed by atoms with Crippen molar-refractivity contribution in [3.63, 3.8) is 0 Å². The van der Waals surface area contributed by atoms with E-state index in [4.69, 9.17) is 0 Å². The van der Waals surface area contributed by atoms with Gasteiger partial charge >= 0.3 is 6.18 Å². The van der Waals surface area contributed by atoms with E-state index >= 15 is 0 Å². The summed E-state index contributed by atoms with van der Waals surface area (Å²) in [5, 5.41) is 4.77. The third-order valence-corrected chi connectivity index (χ3v) is 5.73. The summed E-state index contributed by atoms with van der Waals surface area (Å²) < 4.78 is 38.4. The fourth-order valence-electron chi connectivity index (χ4n) is 3.79. The number of carbonyl (C=O) groups excluding carboxylic acids is 1. The van der Waals surface area contributed by atoms with Gasteiger partial charge in [0, 0.05) is 12.1 Å². The zero-order valence-electron chi connectivity index (χ0n) is 15.9. The number of carbonyl (C=O) groups is 1. The fourth-order valence-corrected chi connectivity index (χ4v) is 3.79. The molecular weight excluding hydrogens is 375 g/mol. The minimum Gasteiger partial charge on any atom is -0.352 e. The predicted octanol–water partition coefficient (Wildman–Crippen LogP) is 6.45. The van der Waals surface area contributed by atoms with Gasteiger partial charge in [0.2, 0.25) is 0 Å². The molecule has 1 aliphatic carbocycles. The van der Waals surface area contributed by atoms with Gasteiger partial charge in [-0.25, -0.2) is 0 Å². The molecule has 3 aromatic carbocycles. The normalized spacial score (nSPS) is 14.6. The lowest BCUT2D eigenvalue weighted by Crippen LogP contribution is -2.27. The van der Waals surface area contributed by atoms with Crippen molar-refractivity contribution in [3.05, 3.63) is 71.8 Å². The molecule has 0 spiro atoms. The van der Waals surface area contributed by atoms with Crippen LogP contribution in [-0.2, 0) is 6.18 Å². The van der Waals surface area contributed by atoms with E-state index < -0.39 is 11.7 Å². The SMILES string of the molecule is O=C(NCCC1CCC1)c1ccc2c(-c3ccc(C(F)(F)F)cc3)cccc2c1. The van der Waals surface area contributed by atoms with Crippen molar-refractivity contribution in [3.8, 4) is 11.1 Å². The van der Waals surface area contributed by atoms with Gasteiger partial charge < -0.3 is 5.32 Å². The quantitative estimate of drug-likeness (QED) is 0.527. The van der Waals surface area contributed by atoms with E-state index in [1.54, 1.807) is 6.07 Å². The molecule has 1 saturated carbocycles. The minimum absolute atomic E-state index is 0.0915. The maximum Gasteiger partial charge on any atom is 0.416 e. The van der Waals surface area contributed by atoms with Gasteiger partial charge in [-0.1, -0.05) is 55.7 Å². The number of hydrogen-bond acceptors (Lipinski definition) is 1. The molecule has 1 amide bonds. The highest BCUT2D eigenvalue weighted by Crippen LogP contribution is 2.33. The highest BCUT2D eigenvalue weighted by molar-refractivity contribution is 6.02. The summed E-state index contributed by atoms with van der Waals surface area (Å²) in [6.07, 6.45) is 0.497. The first-order valence-electron chi connectivity index (χ1n) is 9.90. The lowest BCUT2D eigenvalue weighted by molar-refractivity contribution is -0.137. The Hall–Kier alpha value is -2.82. The van der Waals surface area contributed by atoms with E-state index in [1.165, 1.54) is 31.4 Å². The van der Waals surface area contributed by atoms with E-state index in [1.807, 2.05) is 30.3 Å². The Balaban J connectivity index is 1.55. The summed E-state index contributed by atoms with van der Waals surface area (Å²) >= 11 is 0. The molecule has 0 aromatic heterocycles. The van der Waals surface area contributed by atoms with E-state index in [0.29, 0.717) is 17.7 Å². The molecule has 0 unspecified atom stereocenters. The molecule has 3 aromatic rings. The first-order chi connectivity index (χ1) is 13.9. The Labute approximate surface area is 167 Å². The van der Waals surface area contributed by atoms with Gasteiger partial charge in [0.1, 0.15) is 0 Å². The highest BCUT2D eigenvalue weighted by atomic mass is 19.4. The van der Waals surface area contributed by atoms with Crippen molar-refractivity contribution in [1.82, 2.24) is 5.32 Å². The maximum absolute atomic E-state index is 12.8. The van der Waals surface area contributed by atoms with E-state index in [0.717, 1.165) is 40.8 Å². The van der Waals surface area contributed by atoms with Crippen LogP contribution >= 0.6 is 0 Å². The van der Waals surface area contributed by atoms with E-state index in [9.17, 15) is 18.0 Å². The van der Waals surface area contributed by atoms with Crippen molar-refractivity contribution in [2.45, 2.75) is 31.9 Å². The van der Waals surface area contributed by atoms with Crippen molar-refractivity contribution in [2.75, 3.05) is 6.54 Å². The summed E-state index contributed by atoms with van der Waals surface area (Å²) in [6.45, 7) is 0.688. The van der Waals surface area contributed by atoms with Gasteiger partial charge in [0.05, 0.1) is 5.56 Å². The molecule has 0 bridgehead atoms. The van der Waals surface area contributed by atoms with Crippen molar-refractivity contribution in [2.24, 2.45) is 5.92 Å². The lowest BCUT2D eigenvalue weighted by atomic mass is 9.83. The number of halogens is 3. The van der Waals surface area contributed by atoms with Crippen LogP contribution in [-0.4, -0.2) is 12.5 Å². The Morgan fingerprint density at radius 3 is 2.41 bits per heavy atom. The molecular formula is C24H22F3NO. The summed E-state index contributed by atoms with van der Waals surface area (Å²) in [7, 11) is 0. The van der Waals surface area contributed by atoms with Crippen LogP contribution in [0.25, 0.3) is 21.9 Å². The molecule has 4 rings (SSSR count). The van der Waals surface area contributed by atoms with Crippen LogP contribution in [0.5, 0.6) is 0 Å². The molecule has 1 fully saturated rings. The van der Waals surface area contributed by atoms with Gasteiger partial charge in [-0.3, -0.25) is 4.79 Å². The Bertz CT molecular complexity index is 1020. The summed E-state index contributed by atoms with van der Waals surface area (Å²) in [5.41, 5.74) is 1.48. The van der Waals surface area contributed by atoms with Crippen LogP contribution in [0.15, 0.2) is 60.7 Å². The molecule has 0 heterocycles. The van der Waals surface area contributed by atoms with E-state index in [2.05, 4.69) is 5.32 Å². The average Bonchev–Trinajstić information content (AvgIpc) is 2.68. The minimum atomic E-state index is -4.35. The second-order valence-electron chi connectivity index (χ2n) is 7.66. The number of hydrogen-bond donors (Lipinski definition) is 1. The standard InChI is InChI=1S/C24H22F3NO/c25-24(26,27)20-10-7-17(8-11-20)21-6-2-5-18-15-19(9-12-22(18)21)23(29)28-14-13-16-3-1-4-16/h2,5-12,15-16H,1,3-4,13-14H2,(H,28,29). The second kappa shape index (κ2) is 7.90. The summed E-state index contributed by atoms with van der Waals surface area (Å²) in [6, 6.07) is 16.3. The van der Waals surface area contributed by atoms with Crippen LogP contribution in [0.1, 0.15) is 41.6 Å². The zero-order chi connectivity index (χ0) is 20.4. The Morgan fingerprint density at radius 2 is 1.76 bits per heavy atom. The summed E-state index contributed by atoms with van der Waals surface area (Å²) in [4.78, 5) is 12.4.